The van der Waals surface area contributed by atoms with E-state index in [1.165, 1.54) is 32.1 Å². The van der Waals surface area contributed by atoms with Crippen molar-refractivity contribution >= 4 is 28.7 Å². The first kappa shape index (κ1) is 13.6. The van der Waals surface area contributed by atoms with Gasteiger partial charge in [-0.2, -0.15) is 11.8 Å². The van der Waals surface area contributed by atoms with Crippen LogP contribution < -0.4 is 0 Å². The quantitative estimate of drug-likeness (QED) is 0.887. The van der Waals surface area contributed by atoms with E-state index in [1.807, 2.05) is 36.0 Å². The fraction of sp³-hybridized carbons (Fsp3) is 0.438. The van der Waals surface area contributed by atoms with Crippen molar-refractivity contribution < 1.29 is 14.3 Å². The lowest BCUT2D eigenvalue weighted by Gasteiger charge is -2.20. The SMILES string of the molecule is O=C(O)c1oc2ccccc2c1CSC1CCCCC1. The summed E-state index contributed by atoms with van der Waals surface area (Å²) in [7, 11) is 0. The highest BCUT2D eigenvalue weighted by atomic mass is 32.2. The average Bonchev–Trinajstić information content (AvgIpc) is 2.85. The first-order chi connectivity index (χ1) is 9.75. The fourth-order valence-corrected chi connectivity index (χ4v) is 4.20. The van der Waals surface area contributed by atoms with E-state index >= 15 is 0 Å². The van der Waals surface area contributed by atoms with Crippen LogP contribution in [0, 0.1) is 0 Å². The molecular formula is C16H18O3S. The minimum Gasteiger partial charge on any atom is -0.475 e. The minimum absolute atomic E-state index is 0.106. The molecule has 3 rings (SSSR count). The second kappa shape index (κ2) is 5.92. The molecular weight excluding hydrogens is 272 g/mol. The molecule has 0 atom stereocenters. The maximum Gasteiger partial charge on any atom is 0.372 e. The molecule has 0 amide bonds. The van der Waals surface area contributed by atoms with Crippen LogP contribution in [-0.2, 0) is 5.75 Å². The highest BCUT2D eigenvalue weighted by Crippen LogP contribution is 2.34. The van der Waals surface area contributed by atoms with Crippen LogP contribution in [-0.4, -0.2) is 16.3 Å². The Balaban J connectivity index is 1.84. The van der Waals surface area contributed by atoms with Crippen molar-refractivity contribution in [1.82, 2.24) is 0 Å². The second-order valence-corrected chi connectivity index (χ2v) is 6.57. The maximum absolute atomic E-state index is 11.3. The minimum atomic E-state index is -0.972. The van der Waals surface area contributed by atoms with Crippen molar-refractivity contribution in [2.45, 2.75) is 43.1 Å². The molecule has 106 valence electrons. The number of hydrogen-bond acceptors (Lipinski definition) is 3. The van der Waals surface area contributed by atoms with Gasteiger partial charge < -0.3 is 9.52 Å². The average molecular weight is 290 g/mol. The fourth-order valence-electron chi connectivity index (χ4n) is 2.85. The van der Waals surface area contributed by atoms with E-state index in [0.29, 0.717) is 10.8 Å². The summed E-state index contributed by atoms with van der Waals surface area (Å²) in [4.78, 5) is 11.3. The van der Waals surface area contributed by atoms with E-state index in [4.69, 9.17) is 4.42 Å². The molecule has 0 spiro atoms. The summed E-state index contributed by atoms with van der Waals surface area (Å²) in [5.41, 5.74) is 1.51. The summed E-state index contributed by atoms with van der Waals surface area (Å²) in [5, 5.41) is 10.9. The van der Waals surface area contributed by atoms with E-state index in [1.54, 1.807) is 0 Å². The van der Waals surface area contributed by atoms with Gasteiger partial charge >= 0.3 is 5.97 Å². The number of fused-ring (bicyclic) bond motifs is 1. The van der Waals surface area contributed by atoms with Gasteiger partial charge in [0, 0.05) is 22.0 Å². The van der Waals surface area contributed by atoms with E-state index in [0.717, 1.165) is 16.7 Å². The Kier molecular flexibility index (Phi) is 4.01. The molecule has 2 aromatic rings. The smallest absolute Gasteiger partial charge is 0.372 e. The molecule has 1 aromatic carbocycles. The summed E-state index contributed by atoms with van der Waals surface area (Å²) < 4.78 is 5.49. The Morgan fingerprint density at radius 2 is 2.00 bits per heavy atom. The van der Waals surface area contributed by atoms with Crippen LogP contribution in [0.15, 0.2) is 28.7 Å². The van der Waals surface area contributed by atoms with E-state index in [9.17, 15) is 9.90 Å². The van der Waals surface area contributed by atoms with Gasteiger partial charge in [-0.15, -0.1) is 0 Å². The van der Waals surface area contributed by atoms with Gasteiger partial charge in [0.25, 0.3) is 0 Å². The zero-order chi connectivity index (χ0) is 13.9. The molecule has 1 heterocycles. The third kappa shape index (κ3) is 2.70. The maximum atomic E-state index is 11.3. The lowest BCUT2D eigenvalue weighted by Crippen LogP contribution is -2.08. The molecule has 4 heteroatoms. The van der Waals surface area contributed by atoms with Gasteiger partial charge in [0.15, 0.2) is 0 Å². The topological polar surface area (TPSA) is 50.4 Å². The zero-order valence-electron chi connectivity index (χ0n) is 11.3. The number of aromatic carboxylic acids is 1. The Hall–Kier alpha value is -1.42. The molecule has 1 fully saturated rings. The van der Waals surface area contributed by atoms with Gasteiger partial charge in [-0.05, 0) is 18.9 Å². The summed E-state index contributed by atoms with van der Waals surface area (Å²) in [6.07, 6.45) is 6.45. The summed E-state index contributed by atoms with van der Waals surface area (Å²) in [6.45, 7) is 0. The van der Waals surface area contributed by atoms with Crippen LogP contribution in [0.25, 0.3) is 11.0 Å². The van der Waals surface area contributed by atoms with Crippen molar-refractivity contribution in [3.63, 3.8) is 0 Å². The predicted octanol–water partition coefficient (Wildman–Crippen LogP) is 4.70. The number of carboxylic acids is 1. The Morgan fingerprint density at radius 3 is 2.75 bits per heavy atom. The Labute approximate surface area is 122 Å². The third-order valence-electron chi connectivity index (χ3n) is 3.91. The number of thioether (sulfide) groups is 1. The zero-order valence-corrected chi connectivity index (χ0v) is 12.1. The van der Waals surface area contributed by atoms with Crippen LogP contribution >= 0.6 is 11.8 Å². The van der Waals surface area contributed by atoms with Crippen molar-refractivity contribution in [2.24, 2.45) is 0 Å². The molecule has 0 radical (unpaired) electrons. The molecule has 0 unspecified atom stereocenters. The van der Waals surface area contributed by atoms with Gasteiger partial charge in [0.2, 0.25) is 5.76 Å². The summed E-state index contributed by atoms with van der Waals surface area (Å²) in [5.74, 6) is -0.140. The number of benzene rings is 1. The number of carboxylic acid groups (broad SMARTS) is 1. The van der Waals surface area contributed by atoms with E-state index in [-0.39, 0.29) is 5.76 Å². The highest BCUT2D eigenvalue weighted by Gasteiger charge is 2.21. The number of rotatable bonds is 4. The number of carbonyl (C=O) groups is 1. The molecule has 1 N–H and O–H groups in total. The van der Waals surface area contributed by atoms with Crippen LogP contribution in [0.4, 0.5) is 0 Å². The van der Waals surface area contributed by atoms with Crippen LogP contribution in [0.2, 0.25) is 0 Å². The van der Waals surface area contributed by atoms with Crippen molar-refractivity contribution in [2.75, 3.05) is 0 Å². The third-order valence-corrected chi connectivity index (χ3v) is 5.31. The van der Waals surface area contributed by atoms with Gasteiger partial charge in [-0.1, -0.05) is 37.5 Å². The van der Waals surface area contributed by atoms with E-state index < -0.39 is 5.97 Å². The van der Waals surface area contributed by atoms with Crippen molar-refractivity contribution in [3.8, 4) is 0 Å². The predicted molar refractivity (Wildman–Crippen MR) is 81.3 cm³/mol. The number of para-hydroxylation sites is 1. The van der Waals surface area contributed by atoms with Gasteiger partial charge in [-0.3, -0.25) is 0 Å². The van der Waals surface area contributed by atoms with Gasteiger partial charge in [0.05, 0.1) is 0 Å². The van der Waals surface area contributed by atoms with Crippen molar-refractivity contribution in [1.29, 1.82) is 0 Å². The molecule has 1 saturated carbocycles. The lowest BCUT2D eigenvalue weighted by atomic mass is 10.0. The second-order valence-electron chi connectivity index (χ2n) is 5.28. The molecule has 1 aromatic heterocycles. The first-order valence-electron chi connectivity index (χ1n) is 7.11. The van der Waals surface area contributed by atoms with Crippen LogP contribution in [0.5, 0.6) is 0 Å². The molecule has 20 heavy (non-hydrogen) atoms. The monoisotopic (exact) mass is 290 g/mol. The summed E-state index contributed by atoms with van der Waals surface area (Å²) >= 11 is 1.88. The van der Waals surface area contributed by atoms with Gasteiger partial charge in [0.1, 0.15) is 5.58 Å². The lowest BCUT2D eigenvalue weighted by molar-refractivity contribution is 0.0664. The van der Waals surface area contributed by atoms with Crippen LogP contribution in [0.3, 0.4) is 0 Å². The summed E-state index contributed by atoms with van der Waals surface area (Å²) in [6, 6.07) is 7.58. The highest BCUT2D eigenvalue weighted by molar-refractivity contribution is 7.99. The van der Waals surface area contributed by atoms with Crippen LogP contribution in [0.1, 0.15) is 48.2 Å². The van der Waals surface area contributed by atoms with Crippen molar-refractivity contribution in [3.05, 3.63) is 35.6 Å². The number of furan rings is 1. The van der Waals surface area contributed by atoms with Gasteiger partial charge in [-0.25, -0.2) is 4.79 Å². The normalized spacial score (nSPS) is 16.6. The standard InChI is InChI=1S/C16H18O3S/c17-16(18)15-13(10-20-11-6-2-1-3-7-11)12-8-4-5-9-14(12)19-15/h4-5,8-9,11H,1-3,6-7,10H2,(H,17,18). The molecule has 1 aliphatic carbocycles. The van der Waals surface area contributed by atoms with E-state index in [2.05, 4.69) is 0 Å². The molecule has 0 saturated heterocycles. The first-order valence-corrected chi connectivity index (χ1v) is 8.16. The molecule has 1 aliphatic rings. The Bertz CT molecular complexity index is 611. The largest absolute Gasteiger partial charge is 0.475 e. The number of hydrogen-bond donors (Lipinski definition) is 1. The Morgan fingerprint density at radius 1 is 1.25 bits per heavy atom. The molecule has 3 nitrogen and oxygen atoms in total. The molecule has 0 bridgehead atoms. The molecule has 0 aliphatic heterocycles.